The molecule has 2 aromatic carbocycles. The molecule has 0 radical (unpaired) electrons. The summed E-state index contributed by atoms with van der Waals surface area (Å²) in [5.74, 6) is -0.0618. The summed E-state index contributed by atoms with van der Waals surface area (Å²) in [6.07, 6.45) is 0.801. The van der Waals surface area contributed by atoms with Gasteiger partial charge in [-0.15, -0.1) is 0 Å². The highest BCUT2D eigenvalue weighted by atomic mass is 79.9. The monoisotopic (exact) mass is 337 g/mol. The van der Waals surface area contributed by atoms with Crippen LogP contribution in [0.3, 0.4) is 0 Å². The van der Waals surface area contributed by atoms with Gasteiger partial charge in [-0.25, -0.2) is 4.39 Å². The third-order valence-corrected chi connectivity index (χ3v) is 3.81. The standard InChI is InChI=1S/C16H17BrFNO/c1-19-15(9-11-3-6-13(17)7-4-11)12-5-8-16(20-2)14(18)10-12/h3-8,10,15,19H,9H2,1-2H3. The quantitative estimate of drug-likeness (QED) is 0.886. The number of methoxy groups -OCH3 is 1. The zero-order valence-corrected chi connectivity index (χ0v) is 13.1. The van der Waals surface area contributed by atoms with Gasteiger partial charge in [-0.1, -0.05) is 34.1 Å². The first-order valence-corrected chi connectivity index (χ1v) is 7.18. The molecule has 2 nitrogen and oxygen atoms in total. The Kier molecular flexibility index (Phi) is 5.15. The molecule has 1 atom stereocenters. The predicted molar refractivity (Wildman–Crippen MR) is 82.6 cm³/mol. The molecule has 0 spiro atoms. The Balaban J connectivity index is 2.19. The summed E-state index contributed by atoms with van der Waals surface area (Å²) in [5.41, 5.74) is 2.11. The third kappa shape index (κ3) is 3.58. The number of likely N-dealkylation sites (N-methyl/N-ethyl adjacent to an activating group) is 1. The maximum absolute atomic E-state index is 13.8. The van der Waals surface area contributed by atoms with Gasteiger partial charge in [0.2, 0.25) is 0 Å². The average molecular weight is 338 g/mol. The minimum atomic E-state index is -0.332. The zero-order chi connectivity index (χ0) is 14.5. The van der Waals surface area contributed by atoms with Gasteiger partial charge in [0.05, 0.1) is 7.11 Å². The van der Waals surface area contributed by atoms with Crippen molar-refractivity contribution in [3.05, 3.63) is 63.9 Å². The van der Waals surface area contributed by atoms with Crippen LogP contribution >= 0.6 is 15.9 Å². The van der Waals surface area contributed by atoms with Crippen LogP contribution in [0.15, 0.2) is 46.9 Å². The van der Waals surface area contributed by atoms with Gasteiger partial charge in [0.1, 0.15) is 0 Å². The predicted octanol–water partition coefficient (Wildman–Crippen LogP) is 4.10. The molecular weight excluding hydrogens is 321 g/mol. The summed E-state index contributed by atoms with van der Waals surface area (Å²) in [5, 5.41) is 3.23. The zero-order valence-electron chi connectivity index (χ0n) is 11.5. The van der Waals surface area contributed by atoms with E-state index in [1.807, 2.05) is 25.2 Å². The van der Waals surface area contributed by atoms with E-state index in [9.17, 15) is 4.39 Å². The largest absolute Gasteiger partial charge is 0.494 e. The first-order chi connectivity index (χ1) is 9.63. The normalized spacial score (nSPS) is 12.2. The van der Waals surface area contributed by atoms with Gasteiger partial charge >= 0.3 is 0 Å². The Morgan fingerprint density at radius 3 is 2.45 bits per heavy atom. The van der Waals surface area contributed by atoms with E-state index in [-0.39, 0.29) is 17.6 Å². The van der Waals surface area contributed by atoms with Crippen molar-refractivity contribution in [1.82, 2.24) is 5.32 Å². The number of benzene rings is 2. The van der Waals surface area contributed by atoms with E-state index in [0.29, 0.717) is 0 Å². The molecule has 0 aliphatic heterocycles. The molecule has 2 aromatic rings. The van der Waals surface area contributed by atoms with Crippen molar-refractivity contribution in [3.63, 3.8) is 0 Å². The van der Waals surface area contributed by atoms with E-state index in [1.165, 1.54) is 18.7 Å². The van der Waals surface area contributed by atoms with Gasteiger partial charge in [0, 0.05) is 10.5 Å². The van der Waals surface area contributed by atoms with Crippen LogP contribution in [0, 0.1) is 5.82 Å². The van der Waals surface area contributed by atoms with Crippen LogP contribution in [0.2, 0.25) is 0 Å². The number of halogens is 2. The van der Waals surface area contributed by atoms with E-state index in [1.54, 1.807) is 6.07 Å². The Labute approximate surface area is 127 Å². The van der Waals surface area contributed by atoms with Crippen molar-refractivity contribution in [1.29, 1.82) is 0 Å². The molecule has 2 rings (SSSR count). The summed E-state index contributed by atoms with van der Waals surface area (Å²) in [7, 11) is 3.35. The molecule has 0 heterocycles. The minimum Gasteiger partial charge on any atom is -0.494 e. The molecule has 1 N–H and O–H groups in total. The summed E-state index contributed by atoms with van der Waals surface area (Å²) < 4.78 is 19.8. The fourth-order valence-electron chi connectivity index (χ4n) is 2.14. The van der Waals surface area contributed by atoms with Gasteiger partial charge in [0.15, 0.2) is 11.6 Å². The summed E-state index contributed by atoms with van der Waals surface area (Å²) >= 11 is 3.42. The van der Waals surface area contributed by atoms with Crippen LogP contribution in [0.5, 0.6) is 5.75 Å². The number of rotatable bonds is 5. The SMILES string of the molecule is CNC(Cc1ccc(Br)cc1)c1ccc(OC)c(F)c1. The molecule has 0 amide bonds. The molecule has 0 bridgehead atoms. The van der Waals surface area contributed by atoms with Gasteiger partial charge in [-0.3, -0.25) is 0 Å². The fourth-order valence-corrected chi connectivity index (χ4v) is 2.41. The van der Waals surface area contributed by atoms with Crippen LogP contribution in [0.1, 0.15) is 17.2 Å². The van der Waals surface area contributed by atoms with Crippen LogP contribution in [-0.2, 0) is 6.42 Å². The first-order valence-electron chi connectivity index (χ1n) is 6.39. The first kappa shape index (κ1) is 15.0. The van der Waals surface area contributed by atoms with Crippen LogP contribution < -0.4 is 10.1 Å². The molecular formula is C16H17BrFNO. The van der Waals surface area contributed by atoms with Crippen molar-refractivity contribution in [2.24, 2.45) is 0 Å². The second kappa shape index (κ2) is 6.86. The second-order valence-electron chi connectivity index (χ2n) is 4.57. The fraction of sp³-hybridized carbons (Fsp3) is 0.250. The van der Waals surface area contributed by atoms with Crippen molar-refractivity contribution in [3.8, 4) is 5.75 Å². The average Bonchev–Trinajstić information content (AvgIpc) is 2.46. The number of ether oxygens (including phenoxy) is 1. The number of hydrogen-bond donors (Lipinski definition) is 1. The van der Waals surface area contributed by atoms with Crippen LogP contribution in [0.25, 0.3) is 0 Å². The Bertz CT molecular complexity index is 571. The molecule has 106 valence electrons. The molecule has 1 unspecified atom stereocenters. The number of nitrogens with one attached hydrogen (secondary N) is 1. The molecule has 4 heteroatoms. The molecule has 0 saturated heterocycles. The maximum Gasteiger partial charge on any atom is 0.165 e. The topological polar surface area (TPSA) is 21.3 Å². The van der Waals surface area contributed by atoms with Gasteiger partial charge < -0.3 is 10.1 Å². The van der Waals surface area contributed by atoms with Gasteiger partial charge in [0.25, 0.3) is 0 Å². The van der Waals surface area contributed by atoms with Gasteiger partial charge in [-0.2, -0.15) is 0 Å². The molecule has 0 aromatic heterocycles. The molecule has 0 saturated carbocycles. The van der Waals surface area contributed by atoms with Crippen molar-refractivity contribution in [2.75, 3.05) is 14.2 Å². The third-order valence-electron chi connectivity index (χ3n) is 3.28. The van der Waals surface area contributed by atoms with E-state index in [0.717, 1.165) is 16.5 Å². The lowest BCUT2D eigenvalue weighted by atomic mass is 9.99. The van der Waals surface area contributed by atoms with Crippen molar-refractivity contribution >= 4 is 15.9 Å². The van der Waals surface area contributed by atoms with E-state index in [4.69, 9.17) is 4.74 Å². The lowest BCUT2D eigenvalue weighted by molar-refractivity contribution is 0.385. The lowest BCUT2D eigenvalue weighted by Gasteiger charge is -2.17. The summed E-state index contributed by atoms with van der Waals surface area (Å²) in [4.78, 5) is 0. The van der Waals surface area contributed by atoms with E-state index < -0.39 is 0 Å². The summed E-state index contributed by atoms with van der Waals surface area (Å²) in [6.45, 7) is 0. The maximum atomic E-state index is 13.8. The van der Waals surface area contributed by atoms with Gasteiger partial charge in [-0.05, 0) is 48.9 Å². The summed E-state index contributed by atoms with van der Waals surface area (Å²) in [6, 6.07) is 13.3. The number of hydrogen-bond acceptors (Lipinski definition) is 2. The van der Waals surface area contributed by atoms with E-state index >= 15 is 0 Å². The second-order valence-corrected chi connectivity index (χ2v) is 5.48. The Morgan fingerprint density at radius 1 is 1.20 bits per heavy atom. The van der Waals surface area contributed by atoms with Crippen LogP contribution in [0.4, 0.5) is 4.39 Å². The Morgan fingerprint density at radius 2 is 1.90 bits per heavy atom. The van der Waals surface area contributed by atoms with Crippen LogP contribution in [-0.4, -0.2) is 14.2 Å². The minimum absolute atomic E-state index is 0.0663. The van der Waals surface area contributed by atoms with Crippen molar-refractivity contribution in [2.45, 2.75) is 12.5 Å². The molecule has 0 aliphatic rings. The molecule has 20 heavy (non-hydrogen) atoms. The molecule has 0 fully saturated rings. The van der Waals surface area contributed by atoms with E-state index in [2.05, 4.69) is 33.4 Å². The highest BCUT2D eigenvalue weighted by molar-refractivity contribution is 9.10. The lowest BCUT2D eigenvalue weighted by Crippen LogP contribution is -2.19. The highest BCUT2D eigenvalue weighted by Crippen LogP contribution is 2.24. The Hall–Kier alpha value is -1.39. The smallest absolute Gasteiger partial charge is 0.165 e. The molecule has 0 aliphatic carbocycles. The highest BCUT2D eigenvalue weighted by Gasteiger charge is 2.13. The van der Waals surface area contributed by atoms with Crippen molar-refractivity contribution < 1.29 is 9.13 Å².